The summed E-state index contributed by atoms with van der Waals surface area (Å²) in [7, 11) is 0. The number of nitro groups is 1. The molecule has 0 radical (unpaired) electrons. The maximum Gasteiger partial charge on any atom is 0.315 e. The molecule has 0 saturated carbocycles. The normalized spacial score (nSPS) is 10.4. The first kappa shape index (κ1) is 17.9. The number of nitrogens with one attached hydrogen (secondary N) is 2. The number of pyridine rings is 1. The van der Waals surface area contributed by atoms with Crippen LogP contribution in [-0.2, 0) is 13.1 Å². The summed E-state index contributed by atoms with van der Waals surface area (Å²) in [5, 5.41) is 29.9. The fraction of sp³-hybridized carbons (Fsp3) is 0.118. The van der Waals surface area contributed by atoms with E-state index in [2.05, 4.69) is 20.7 Å². The van der Waals surface area contributed by atoms with Gasteiger partial charge in [-0.3, -0.25) is 10.1 Å². The second kappa shape index (κ2) is 7.95. The standard InChI is InChI=1S/C17H16N6O4/c24-15-5-4-14(23(26)27)9-13(15)11-20-17(25)19-10-12-3-1-6-18-16(12)22-8-2-7-21-22/h1-9,24H,10-11H2,(H2,19,20,25). The quantitative estimate of drug-likeness (QED) is 0.449. The summed E-state index contributed by atoms with van der Waals surface area (Å²) in [6, 6.07) is 8.48. The van der Waals surface area contributed by atoms with Crippen molar-refractivity contribution in [1.82, 2.24) is 25.4 Å². The smallest absolute Gasteiger partial charge is 0.315 e. The van der Waals surface area contributed by atoms with Gasteiger partial charge in [-0.05, 0) is 18.2 Å². The number of nitro benzene ring substituents is 1. The molecule has 0 bridgehead atoms. The fourth-order valence-electron chi connectivity index (χ4n) is 2.41. The number of amides is 2. The zero-order valence-electron chi connectivity index (χ0n) is 14.1. The lowest BCUT2D eigenvalue weighted by Crippen LogP contribution is -2.34. The van der Waals surface area contributed by atoms with E-state index in [1.165, 1.54) is 18.2 Å². The van der Waals surface area contributed by atoms with Crippen molar-refractivity contribution in [1.29, 1.82) is 0 Å². The molecular formula is C17H16N6O4. The van der Waals surface area contributed by atoms with Gasteiger partial charge in [-0.2, -0.15) is 5.10 Å². The minimum atomic E-state index is -0.567. The molecule has 0 aliphatic rings. The Morgan fingerprint density at radius 2 is 1.93 bits per heavy atom. The van der Waals surface area contributed by atoms with Crippen LogP contribution in [0.4, 0.5) is 10.5 Å². The maximum atomic E-state index is 12.0. The van der Waals surface area contributed by atoms with Crippen molar-refractivity contribution >= 4 is 11.7 Å². The third kappa shape index (κ3) is 4.37. The maximum absolute atomic E-state index is 12.0. The van der Waals surface area contributed by atoms with Crippen LogP contribution in [0.5, 0.6) is 5.75 Å². The van der Waals surface area contributed by atoms with Crippen molar-refractivity contribution in [2.45, 2.75) is 13.1 Å². The third-order valence-electron chi connectivity index (χ3n) is 3.74. The van der Waals surface area contributed by atoms with E-state index in [0.717, 1.165) is 5.56 Å². The molecule has 10 nitrogen and oxygen atoms in total. The molecule has 3 rings (SSSR count). The van der Waals surface area contributed by atoms with Crippen LogP contribution in [0.2, 0.25) is 0 Å². The van der Waals surface area contributed by atoms with E-state index in [9.17, 15) is 20.0 Å². The van der Waals surface area contributed by atoms with Crippen molar-refractivity contribution < 1.29 is 14.8 Å². The number of benzene rings is 1. The highest BCUT2D eigenvalue weighted by molar-refractivity contribution is 5.74. The topological polar surface area (TPSA) is 135 Å². The van der Waals surface area contributed by atoms with E-state index in [-0.39, 0.29) is 30.1 Å². The fourth-order valence-corrected chi connectivity index (χ4v) is 2.41. The van der Waals surface area contributed by atoms with Gasteiger partial charge in [-0.25, -0.2) is 14.5 Å². The second-order valence-electron chi connectivity index (χ2n) is 5.54. The molecule has 0 unspecified atom stereocenters. The Balaban J connectivity index is 1.60. The van der Waals surface area contributed by atoms with Crippen molar-refractivity contribution in [3.05, 3.63) is 76.2 Å². The van der Waals surface area contributed by atoms with Gasteiger partial charge in [-0.1, -0.05) is 6.07 Å². The summed E-state index contributed by atoms with van der Waals surface area (Å²) >= 11 is 0. The van der Waals surface area contributed by atoms with E-state index >= 15 is 0 Å². The number of nitrogens with zero attached hydrogens (tertiary/aromatic N) is 4. The summed E-state index contributed by atoms with van der Waals surface area (Å²) in [5.41, 5.74) is 0.844. The first-order valence-electron chi connectivity index (χ1n) is 7.96. The van der Waals surface area contributed by atoms with Gasteiger partial charge >= 0.3 is 6.03 Å². The van der Waals surface area contributed by atoms with Gasteiger partial charge in [0.25, 0.3) is 5.69 Å². The Bertz CT molecular complexity index is 958. The van der Waals surface area contributed by atoms with Crippen molar-refractivity contribution in [3.8, 4) is 11.6 Å². The number of carbonyl (C=O) groups is 1. The van der Waals surface area contributed by atoms with Crippen molar-refractivity contribution in [2.75, 3.05) is 0 Å². The zero-order valence-corrected chi connectivity index (χ0v) is 14.1. The Hall–Kier alpha value is -3.95. The summed E-state index contributed by atoms with van der Waals surface area (Å²) in [6.45, 7) is 0.147. The highest BCUT2D eigenvalue weighted by Crippen LogP contribution is 2.22. The van der Waals surface area contributed by atoms with Gasteiger partial charge in [-0.15, -0.1) is 0 Å². The van der Waals surface area contributed by atoms with Crippen LogP contribution in [0.15, 0.2) is 55.0 Å². The van der Waals surface area contributed by atoms with Gasteiger partial charge in [0.2, 0.25) is 0 Å². The summed E-state index contributed by atoms with van der Waals surface area (Å²) < 4.78 is 1.59. The number of phenols is 1. The monoisotopic (exact) mass is 368 g/mol. The number of aromatic nitrogens is 3. The van der Waals surface area contributed by atoms with Crippen LogP contribution >= 0.6 is 0 Å². The molecule has 0 atom stereocenters. The predicted octanol–water partition coefficient (Wildman–Crippen LogP) is 1.88. The molecule has 3 aromatic rings. The van der Waals surface area contributed by atoms with E-state index in [4.69, 9.17) is 0 Å². The molecule has 2 amide bonds. The molecule has 0 spiro atoms. The molecule has 2 heterocycles. The molecule has 138 valence electrons. The van der Waals surface area contributed by atoms with E-state index in [1.54, 1.807) is 35.4 Å². The lowest BCUT2D eigenvalue weighted by atomic mass is 10.2. The van der Waals surface area contributed by atoms with Gasteiger partial charge < -0.3 is 15.7 Å². The number of rotatable bonds is 6. The van der Waals surface area contributed by atoms with Gasteiger partial charge in [0, 0.05) is 54.9 Å². The molecule has 0 fully saturated rings. The lowest BCUT2D eigenvalue weighted by molar-refractivity contribution is -0.384. The molecule has 10 heteroatoms. The zero-order chi connectivity index (χ0) is 19.2. The second-order valence-corrected chi connectivity index (χ2v) is 5.54. The average Bonchev–Trinajstić information content (AvgIpc) is 3.20. The number of carbonyl (C=O) groups excluding carboxylic acids is 1. The highest BCUT2D eigenvalue weighted by atomic mass is 16.6. The van der Waals surface area contributed by atoms with Gasteiger partial charge in [0.1, 0.15) is 5.75 Å². The van der Waals surface area contributed by atoms with Crippen LogP contribution in [0, 0.1) is 10.1 Å². The van der Waals surface area contributed by atoms with E-state index in [0.29, 0.717) is 5.82 Å². The number of non-ortho nitro benzene ring substituents is 1. The number of urea groups is 1. The molecule has 3 N–H and O–H groups in total. The molecule has 0 saturated heterocycles. The number of aromatic hydroxyl groups is 1. The van der Waals surface area contributed by atoms with Gasteiger partial charge in [0.05, 0.1) is 4.92 Å². The van der Waals surface area contributed by atoms with Crippen LogP contribution in [0.25, 0.3) is 5.82 Å². The van der Waals surface area contributed by atoms with E-state index in [1.807, 2.05) is 6.07 Å². The van der Waals surface area contributed by atoms with Crippen molar-refractivity contribution in [3.63, 3.8) is 0 Å². The minimum absolute atomic E-state index is 0.0571. The Morgan fingerprint density at radius 3 is 2.63 bits per heavy atom. The number of hydrogen-bond donors (Lipinski definition) is 3. The predicted molar refractivity (Wildman–Crippen MR) is 95.2 cm³/mol. The SMILES string of the molecule is O=C(NCc1cc([N+](=O)[O-])ccc1O)NCc1cccnc1-n1cccn1. The number of phenolic OH excluding ortho intramolecular Hbond substituents is 1. The molecule has 0 aliphatic carbocycles. The highest BCUT2D eigenvalue weighted by Gasteiger charge is 2.12. The first-order valence-corrected chi connectivity index (χ1v) is 7.96. The Morgan fingerprint density at radius 1 is 1.15 bits per heavy atom. The summed E-state index contributed by atoms with van der Waals surface area (Å²) in [5.74, 6) is 0.466. The van der Waals surface area contributed by atoms with Gasteiger partial charge in [0.15, 0.2) is 5.82 Å². The average molecular weight is 368 g/mol. The lowest BCUT2D eigenvalue weighted by Gasteiger charge is -2.11. The molecule has 1 aromatic carbocycles. The van der Waals surface area contributed by atoms with Crippen LogP contribution in [0.3, 0.4) is 0 Å². The molecule has 27 heavy (non-hydrogen) atoms. The van der Waals surface area contributed by atoms with E-state index < -0.39 is 11.0 Å². The third-order valence-corrected chi connectivity index (χ3v) is 3.74. The summed E-state index contributed by atoms with van der Waals surface area (Å²) in [4.78, 5) is 26.5. The Kier molecular flexibility index (Phi) is 5.26. The van der Waals surface area contributed by atoms with Crippen LogP contribution in [0.1, 0.15) is 11.1 Å². The molecule has 0 aliphatic heterocycles. The van der Waals surface area contributed by atoms with Crippen molar-refractivity contribution in [2.24, 2.45) is 0 Å². The first-order chi connectivity index (χ1) is 13.0. The molecular weight excluding hydrogens is 352 g/mol. The Labute approximate surface area is 153 Å². The largest absolute Gasteiger partial charge is 0.508 e. The summed E-state index contributed by atoms with van der Waals surface area (Å²) in [6.07, 6.45) is 5.01. The number of hydrogen-bond acceptors (Lipinski definition) is 6. The van der Waals surface area contributed by atoms with Crippen LogP contribution in [-0.4, -0.2) is 30.8 Å². The molecule has 2 aromatic heterocycles. The minimum Gasteiger partial charge on any atom is -0.508 e. The van der Waals surface area contributed by atoms with Crippen LogP contribution < -0.4 is 10.6 Å².